The van der Waals surface area contributed by atoms with Crippen LogP contribution in [0.15, 0.2) is 30.3 Å². The molecular weight excluding hydrogens is 402 g/mol. The van der Waals surface area contributed by atoms with E-state index in [1.807, 2.05) is 19.9 Å². The van der Waals surface area contributed by atoms with E-state index in [1.165, 1.54) is 5.56 Å². The summed E-state index contributed by atoms with van der Waals surface area (Å²) in [6.45, 7) is 7.97. The maximum absolute atomic E-state index is 12.9. The zero-order chi connectivity index (χ0) is 23.0. The van der Waals surface area contributed by atoms with Gasteiger partial charge in [0.05, 0.1) is 5.92 Å². The van der Waals surface area contributed by atoms with Crippen molar-refractivity contribution in [3.8, 4) is 5.69 Å². The molecule has 0 radical (unpaired) electrons. The van der Waals surface area contributed by atoms with Crippen molar-refractivity contribution in [2.45, 2.75) is 65.7 Å². The summed E-state index contributed by atoms with van der Waals surface area (Å²) >= 11 is 0. The number of ether oxygens (including phenoxy) is 1. The van der Waals surface area contributed by atoms with Crippen molar-refractivity contribution < 1.29 is 19.1 Å². The van der Waals surface area contributed by atoms with Crippen LogP contribution < -0.4 is 0 Å². The normalized spacial score (nSPS) is 22.8. The highest BCUT2D eigenvalue weighted by Gasteiger charge is 2.42. The summed E-state index contributed by atoms with van der Waals surface area (Å²) in [7, 11) is 0. The molecule has 0 saturated heterocycles. The molecule has 1 aromatic carbocycles. The number of carbonyl (C=O) groups excluding carboxylic acids is 3. The molecule has 2 unspecified atom stereocenters. The number of rotatable bonds is 6. The van der Waals surface area contributed by atoms with Crippen LogP contribution in [-0.2, 0) is 14.3 Å². The molecule has 5 heteroatoms. The van der Waals surface area contributed by atoms with Gasteiger partial charge in [0.15, 0.2) is 6.61 Å². The van der Waals surface area contributed by atoms with E-state index >= 15 is 0 Å². The Hall–Kier alpha value is -2.69. The molecule has 2 aliphatic carbocycles. The van der Waals surface area contributed by atoms with Gasteiger partial charge in [0, 0.05) is 34.5 Å². The van der Waals surface area contributed by atoms with Gasteiger partial charge in [-0.25, -0.2) is 0 Å². The van der Waals surface area contributed by atoms with Gasteiger partial charge in [0.1, 0.15) is 5.78 Å². The van der Waals surface area contributed by atoms with Gasteiger partial charge in [-0.2, -0.15) is 0 Å². The number of hydrogen-bond donors (Lipinski definition) is 0. The molecule has 0 amide bonds. The van der Waals surface area contributed by atoms with Crippen molar-refractivity contribution in [3.63, 3.8) is 0 Å². The Balaban J connectivity index is 1.42. The zero-order valence-corrected chi connectivity index (χ0v) is 19.5. The average molecular weight is 436 g/mol. The number of aromatic nitrogens is 1. The van der Waals surface area contributed by atoms with Gasteiger partial charge >= 0.3 is 5.97 Å². The first-order valence-corrected chi connectivity index (χ1v) is 11.8. The summed E-state index contributed by atoms with van der Waals surface area (Å²) in [6.07, 6.45) is 3.97. The second kappa shape index (κ2) is 9.05. The molecule has 2 fully saturated rings. The summed E-state index contributed by atoms with van der Waals surface area (Å²) in [5, 5.41) is 0. The standard InChI is InChI=1S/C27H33NO4/c1-16(2)19-8-10-23(11-9-19)28-17(3)12-24(18(28)4)25(29)15-32-27(31)22-13-20-6-5-7-21(14-22)26(20)30/h8-12,16,20-22H,5-7,13-15H2,1-4H3. The first-order valence-electron chi connectivity index (χ1n) is 11.8. The van der Waals surface area contributed by atoms with Crippen LogP contribution in [0.5, 0.6) is 0 Å². The highest BCUT2D eigenvalue weighted by molar-refractivity contribution is 5.99. The smallest absolute Gasteiger partial charge is 0.309 e. The van der Waals surface area contributed by atoms with Gasteiger partial charge in [-0.05, 0) is 69.2 Å². The Bertz CT molecular complexity index is 1010. The molecule has 2 bridgehead atoms. The van der Waals surface area contributed by atoms with Crippen molar-refractivity contribution in [1.82, 2.24) is 4.57 Å². The summed E-state index contributed by atoms with van der Waals surface area (Å²) in [4.78, 5) is 37.8. The van der Waals surface area contributed by atoms with E-state index in [0.29, 0.717) is 30.1 Å². The fourth-order valence-corrected chi connectivity index (χ4v) is 5.46. The predicted molar refractivity (Wildman–Crippen MR) is 123 cm³/mol. The molecule has 2 atom stereocenters. The van der Waals surface area contributed by atoms with Gasteiger partial charge < -0.3 is 9.30 Å². The van der Waals surface area contributed by atoms with Crippen molar-refractivity contribution in [1.29, 1.82) is 0 Å². The summed E-state index contributed by atoms with van der Waals surface area (Å²) in [5.74, 6) is -0.00420. The summed E-state index contributed by atoms with van der Waals surface area (Å²) in [5.41, 5.74) is 4.68. The van der Waals surface area contributed by atoms with Gasteiger partial charge in [-0.1, -0.05) is 32.4 Å². The Labute approximate surface area is 190 Å². The molecule has 2 aliphatic rings. The number of carbonyl (C=O) groups is 3. The summed E-state index contributed by atoms with van der Waals surface area (Å²) in [6, 6.07) is 10.3. The topological polar surface area (TPSA) is 65.4 Å². The molecule has 170 valence electrons. The monoisotopic (exact) mass is 435 g/mol. The first kappa shape index (κ1) is 22.5. The molecule has 1 aromatic heterocycles. The predicted octanol–water partition coefficient (Wildman–Crippen LogP) is 5.34. The third kappa shape index (κ3) is 4.30. The highest BCUT2D eigenvalue weighted by Crippen LogP contribution is 2.40. The lowest BCUT2D eigenvalue weighted by atomic mass is 9.67. The third-order valence-corrected chi connectivity index (χ3v) is 7.28. The zero-order valence-electron chi connectivity index (χ0n) is 19.5. The third-order valence-electron chi connectivity index (χ3n) is 7.28. The van der Waals surface area contributed by atoms with E-state index in [1.54, 1.807) is 0 Å². The second-order valence-electron chi connectivity index (χ2n) is 9.79. The minimum Gasteiger partial charge on any atom is -0.457 e. The van der Waals surface area contributed by atoms with Crippen LogP contribution >= 0.6 is 0 Å². The molecule has 5 nitrogen and oxygen atoms in total. The van der Waals surface area contributed by atoms with Crippen molar-refractivity contribution >= 4 is 17.5 Å². The Morgan fingerprint density at radius 2 is 1.69 bits per heavy atom. The number of ketones is 2. The van der Waals surface area contributed by atoms with Gasteiger partial charge in [-0.3, -0.25) is 14.4 Å². The second-order valence-corrected chi connectivity index (χ2v) is 9.79. The van der Waals surface area contributed by atoms with Crippen LogP contribution in [0.1, 0.15) is 79.2 Å². The van der Waals surface area contributed by atoms with E-state index in [0.717, 1.165) is 36.3 Å². The quantitative estimate of drug-likeness (QED) is 0.454. The largest absolute Gasteiger partial charge is 0.457 e. The van der Waals surface area contributed by atoms with Crippen molar-refractivity contribution in [2.24, 2.45) is 17.8 Å². The number of fused-ring (bicyclic) bond motifs is 2. The van der Waals surface area contributed by atoms with Crippen LogP contribution in [0.3, 0.4) is 0 Å². The molecule has 0 aliphatic heterocycles. The van der Waals surface area contributed by atoms with Gasteiger partial charge in [-0.15, -0.1) is 0 Å². The molecule has 0 N–H and O–H groups in total. The van der Waals surface area contributed by atoms with E-state index in [9.17, 15) is 14.4 Å². The van der Waals surface area contributed by atoms with Gasteiger partial charge in [0.2, 0.25) is 5.78 Å². The average Bonchev–Trinajstić information content (AvgIpc) is 3.05. The molecular formula is C27H33NO4. The van der Waals surface area contributed by atoms with Crippen LogP contribution in [0.2, 0.25) is 0 Å². The van der Waals surface area contributed by atoms with Crippen LogP contribution in [0.25, 0.3) is 5.69 Å². The first-order chi connectivity index (χ1) is 15.3. The van der Waals surface area contributed by atoms with E-state index in [-0.39, 0.29) is 36.1 Å². The maximum atomic E-state index is 12.9. The Kier molecular flexibility index (Phi) is 6.36. The molecule has 2 aromatic rings. The lowest BCUT2D eigenvalue weighted by molar-refractivity contribution is -0.152. The number of benzene rings is 1. The number of Topliss-reactive ketones (excluding diaryl/α,β-unsaturated/α-hetero) is 2. The lowest BCUT2D eigenvalue weighted by Crippen LogP contribution is -2.39. The Morgan fingerprint density at radius 3 is 2.28 bits per heavy atom. The minimum absolute atomic E-state index is 0.00300. The molecule has 4 rings (SSSR count). The molecule has 32 heavy (non-hydrogen) atoms. The van der Waals surface area contributed by atoms with Gasteiger partial charge in [0.25, 0.3) is 0 Å². The molecule has 2 saturated carbocycles. The SMILES string of the molecule is Cc1cc(C(=O)COC(=O)C2CC3CCCC(C2)C3=O)c(C)n1-c1ccc(C(C)C)cc1. The number of esters is 1. The van der Waals surface area contributed by atoms with Crippen LogP contribution in [-0.4, -0.2) is 28.7 Å². The Morgan fingerprint density at radius 1 is 1.06 bits per heavy atom. The number of hydrogen-bond acceptors (Lipinski definition) is 4. The van der Waals surface area contributed by atoms with E-state index in [4.69, 9.17) is 4.74 Å². The molecule has 1 heterocycles. The highest BCUT2D eigenvalue weighted by atomic mass is 16.5. The maximum Gasteiger partial charge on any atom is 0.309 e. The van der Waals surface area contributed by atoms with Crippen molar-refractivity contribution in [3.05, 3.63) is 52.8 Å². The summed E-state index contributed by atoms with van der Waals surface area (Å²) < 4.78 is 7.50. The number of aryl methyl sites for hydroxylation is 1. The van der Waals surface area contributed by atoms with Crippen LogP contribution in [0, 0.1) is 31.6 Å². The fraction of sp³-hybridized carbons (Fsp3) is 0.519. The van der Waals surface area contributed by atoms with Crippen LogP contribution in [0.4, 0.5) is 0 Å². The molecule has 0 spiro atoms. The minimum atomic E-state index is -0.333. The lowest BCUT2D eigenvalue weighted by Gasteiger charge is -2.36. The van der Waals surface area contributed by atoms with Crippen molar-refractivity contribution in [2.75, 3.05) is 6.61 Å². The van der Waals surface area contributed by atoms with E-state index in [2.05, 4.69) is 42.7 Å². The van der Waals surface area contributed by atoms with E-state index < -0.39 is 0 Å². The number of nitrogens with zero attached hydrogens (tertiary/aromatic N) is 1. The fourth-order valence-electron chi connectivity index (χ4n) is 5.46.